The van der Waals surface area contributed by atoms with Crippen LogP contribution in [0.3, 0.4) is 0 Å². The van der Waals surface area contributed by atoms with Crippen LogP contribution in [0.15, 0.2) is 231 Å². The van der Waals surface area contributed by atoms with Gasteiger partial charge in [-0.05, 0) is 126 Å². The molecule has 0 spiro atoms. The lowest BCUT2D eigenvalue weighted by Crippen LogP contribution is -2.11. The lowest BCUT2D eigenvalue weighted by molar-refractivity contribution is 0.888. The summed E-state index contributed by atoms with van der Waals surface area (Å²) in [6.07, 6.45) is 6.74. The fourth-order valence-corrected chi connectivity index (χ4v) is 9.84. The molecule has 0 saturated heterocycles. The van der Waals surface area contributed by atoms with Gasteiger partial charge in [0.05, 0.1) is 22.2 Å². The number of allylic oxidation sites excluding steroid dienone is 1. The molecule has 1 aliphatic rings. The van der Waals surface area contributed by atoms with Crippen LogP contribution >= 0.6 is 0 Å². The Balaban J connectivity index is 0.939. The minimum atomic E-state index is 1.04. The van der Waals surface area contributed by atoms with E-state index in [0.717, 1.165) is 29.9 Å². The van der Waals surface area contributed by atoms with Gasteiger partial charge in [0.25, 0.3) is 0 Å². The van der Waals surface area contributed by atoms with Crippen molar-refractivity contribution in [2.24, 2.45) is 0 Å². The van der Waals surface area contributed by atoms with Gasteiger partial charge in [-0.15, -0.1) is 0 Å². The molecule has 63 heavy (non-hydrogen) atoms. The Morgan fingerprint density at radius 2 is 0.873 bits per heavy atom. The molecule has 2 aromatic heterocycles. The Kier molecular flexibility index (Phi) is 8.97. The first-order valence-corrected chi connectivity index (χ1v) is 21.9. The van der Waals surface area contributed by atoms with E-state index in [4.69, 9.17) is 0 Å². The van der Waals surface area contributed by atoms with Crippen molar-refractivity contribution in [3.63, 3.8) is 0 Å². The average Bonchev–Trinajstić information content (AvgIpc) is 3.88. The van der Waals surface area contributed by atoms with Crippen LogP contribution < -0.4 is 4.90 Å². The summed E-state index contributed by atoms with van der Waals surface area (Å²) in [7, 11) is 0. The molecule has 298 valence electrons. The first-order chi connectivity index (χ1) is 31.3. The van der Waals surface area contributed by atoms with E-state index in [1.165, 1.54) is 88.7 Å². The number of hydrogen-bond acceptors (Lipinski definition) is 1. The molecule has 1 aliphatic carbocycles. The Labute approximate surface area is 367 Å². The van der Waals surface area contributed by atoms with E-state index in [2.05, 4.69) is 251 Å². The third kappa shape index (κ3) is 6.36. The van der Waals surface area contributed by atoms with E-state index in [9.17, 15) is 0 Å². The summed E-state index contributed by atoms with van der Waals surface area (Å²) >= 11 is 0. The van der Waals surface area contributed by atoms with Crippen molar-refractivity contribution in [2.75, 3.05) is 4.90 Å². The van der Waals surface area contributed by atoms with E-state index >= 15 is 0 Å². The molecule has 3 heteroatoms. The highest BCUT2D eigenvalue weighted by molar-refractivity contribution is 6.10. The van der Waals surface area contributed by atoms with Gasteiger partial charge in [-0.25, -0.2) is 0 Å². The Hall–Kier alpha value is -8.14. The third-order valence-corrected chi connectivity index (χ3v) is 12.8. The number of rotatable bonds is 8. The normalized spacial score (nSPS) is 12.3. The summed E-state index contributed by atoms with van der Waals surface area (Å²) in [6.45, 7) is 0. The van der Waals surface area contributed by atoms with Crippen LogP contribution in [0.2, 0.25) is 0 Å². The molecular formula is C60H43N3. The highest BCUT2D eigenvalue weighted by Crippen LogP contribution is 2.43. The summed E-state index contributed by atoms with van der Waals surface area (Å²) in [6, 6.07) is 81.7. The molecule has 0 amide bonds. The number of hydrogen-bond donors (Lipinski definition) is 0. The second-order valence-electron chi connectivity index (χ2n) is 16.4. The van der Waals surface area contributed by atoms with Gasteiger partial charge in [-0.3, -0.25) is 0 Å². The lowest BCUT2D eigenvalue weighted by atomic mass is 9.98. The molecule has 3 nitrogen and oxygen atoms in total. The monoisotopic (exact) mass is 805 g/mol. The van der Waals surface area contributed by atoms with Crippen LogP contribution in [0.4, 0.5) is 17.1 Å². The number of benzene rings is 9. The van der Waals surface area contributed by atoms with Crippen molar-refractivity contribution < 1.29 is 0 Å². The zero-order valence-corrected chi connectivity index (χ0v) is 34.8. The zero-order valence-electron chi connectivity index (χ0n) is 34.8. The first kappa shape index (κ1) is 36.7. The minimum Gasteiger partial charge on any atom is -0.313 e. The Bertz CT molecular complexity index is 3470. The largest absolute Gasteiger partial charge is 0.313 e. The summed E-state index contributed by atoms with van der Waals surface area (Å²) < 4.78 is 4.83. The van der Waals surface area contributed by atoms with E-state index in [1.807, 2.05) is 0 Å². The fourth-order valence-electron chi connectivity index (χ4n) is 9.84. The molecule has 0 bridgehead atoms. The lowest BCUT2D eigenvalue weighted by Gasteiger charge is -2.28. The van der Waals surface area contributed by atoms with Crippen molar-refractivity contribution >= 4 is 55.8 Å². The Morgan fingerprint density at radius 3 is 1.54 bits per heavy atom. The van der Waals surface area contributed by atoms with Crippen molar-refractivity contribution in [3.05, 3.63) is 242 Å². The van der Waals surface area contributed by atoms with Gasteiger partial charge in [-0.1, -0.05) is 152 Å². The predicted molar refractivity (Wildman–Crippen MR) is 266 cm³/mol. The SMILES string of the molecule is C1=Cc2c(n(-c3ccccc3)c3ccc(-c4ccc(N(c5ccc(-c6ccc7c(c6)c6ccccc6n7-c6ccccc6)cc5)c5ccccc5-c5ccccc5)cc4)cc23)CC1. The van der Waals surface area contributed by atoms with Crippen molar-refractivity contribution in [3.8, 4) is 44.8 Å². The van der Waals surface area contributed by atoms with Gasteiger partial charge in [-0.2, -0.15) is 0 Å². The molecular weight excluding hydrogens is 763 g/mol. The zero-order chi connectivity index (χ0) is 41.7. The standard InChI is InChI=1S/C60H43N3/c1-4-16-44(17-5-1)51-22-10-13-25-56(51)61(49-34-28-42(29-35-49)45-32-38-59-54(40-45)52-23-11-14-26-57(52)62(59)47-18-6-2-7-19-47)50-36-30-43(31-37-50)46-33-39-60-55(41-46)53-24-12-15-27-58(53)63(60)48-20-8-3-9-21-48/h1-14,16-26,28-41H,15,27H2. The summed E-state index contributed by atoms with van der Waals surface area (Å²) in [5.74, 6) is 0. The summed E-state index contributed by atoms with van der Waals surface area (Å²) in [4.78, 5) is 2.40. The van der Waals surface area contributed by atoms with E-state index in [1.54, 1.807) is 0 Å². The minimum absolute atomic E-state index is 1.04. The fraction of sp³-hybridized carbons (Fsp3) is 0.0333. The smallest absolute Gasteiger partial charge is 0.0541 e. The van der Waals surface area contributed by atoms with Crippen LogP contribution in [-0.2, 0) is 6.42 Å². The molecule has 11 aromatic rings. The molecule has 0 N–H and O–H groups in total. The molecule has 0 saturated carbocycles. The molecule has 2 heterocycles. The topological polar surface area (TPSA) is 13.1 Å². The van der Waals surface area contributed by atoms with E-state index < -0.39 is 0 Å². The maximum Gasteiger partial charge on any atom is 0.0541 e. The van der Waals surface area contributed by atoms with Crippen LogP contribution in [-0.4, -0.2) is 9.13 Å². The van der Waals surface area contributed by atoms with Crippen LogP contribution in [0, 0.1) is 0 Å². The number of nitrogens with zero attached hydrogens (tertiary/aromatic N) is 3. The first-order valence-electron chi connectivity index (χ1n) is 21.9. The van der Waals surface area contributed by atoms with Crippen molar-refractivity contribution in [1.82, 2.24) is 9.13 Å². The van der Waals surface area contributed by atoms with Gasteiger partial charge in [0, 0.05) is 55.7 Å². The molecule has 12 rings (SSSR count). The maximum atomic E-state index is 2.46. The average molecular weight is 806 g/mol. The predicted octanol–water partition coefficient (Wildman–Crippen LogP) is 16.2. The molecule has 0 unspecified atom stereocenters. The van der Waals surface area contributed by atoms with Gasteiger partial charge in [0.15, 0.2) is 0 Å². The number of aromatic nitrogens is 2. The van der Waals surface area contributed by atoms with Crippen LogP contribution in [0.1, 0.15) is 17.7 Å². The second kappa shape index (κ2) is 15.4. The van der Waals surface area contributed by atoms with E-state index in [0.29, 0.717) is 0 Å². The van der Waals surface area contributed by atoms with Gasteiger partial charge < -0.3 is 14.0 Å². The molecule has 0 radical (unpaired) electrons. The van der Waals surface area contributed by atoms with Crippen LogP contribution in [0.25, 0.3) is 83.5 Å². The Morgan fingerprint density at radius 1 is 0.365 bits per heavy atom. The molecule has 0 atom stereocenters. The highest BCUT2D eigenvalue weighted by Gasteiger charge is 2.21. The molecule has 0 fully saturated rings. The maximum absolute atomic E-state index is 2.46. The van der Waals surface area contributed by atoms with Crippen LogP contribution in [0.5, 0.6) is 0 Å². The van der Waals surface area contributed by atoms with E-state index in [-0.39, 0.29) is 0 Å². The van der Waals surface area contributed by atoms with Gasteiger partial charge in [0.2, 0.25) is 0 Å². The van der Waals surface area contributed by atoms with Crippen molar-refractivity contribution in [2.45, 2.75) is 12.8 Å². The summed E-state index contributed by atoms with van der Waals surface area (Å²) in [5.41, 5.74) is 19.2. The van der Waals surface area contributed by atoms with Gasteiger partial charge >= 0.3 is 0 Å². The second-order valence-corrected chi connectivity index (χ2v) is 16.4. The molecule has 9 aromatic carbocycles. The number of para-hydroxylation sites is 4. The third-order valence-electron chi connectivity index (χ3n) is 12.8. The quantitative estimate of drug-likeness (QED) is 0.149. The number of fused-ring (bicyclic) bond motifs is 6. The van der Waals surface area contributed by atoms with Crippen molar-refractivity contribution in [1.29, 1.82) is 0 Å². The summed E-state index contributed by atoms with van der Waals surface area (Å²) in [5, 5.41) is 3.80. The van der Waals surface area contributed by atoms with Gasteiger partial charge in [0.1, 0.15) is 0 Å². The number of anilines is 3. The highest BCUT2D eigenvalue weighted by atomic mass is 15.1. The molecule has 0 aliphatic heterocycles.